The highest BCUT2D eigenvalue weighted by Crippen LogP contribution is 2.31. The Morgan fingerprint density at radius 1 is 1.24 bits per heavy atom. The van der Waals surface area contributed by atoms with Crippen molar-refractivity contribution in [3.63, 3.8) is 0 Å². The molecule has 0 aliphatic heterocycles. The normalized spacial score (nSPS) is 12.8. The van der Waals surface area contributed by atoms with Crippen LogP contribution >= 0.6 is 0 Å². The number of alkyl halides is 3. The Morgan fingerprint density at radius 3 is 2.67 bits per heavy atom. The van der Waals surface area contributed by atoms with Gasteiger partial charge in [-0.2, -0.15) is 0 Å². The smallest absolute Gasteiger partial charge is 0.495 e. The van der Waals surface area contributed by atoms with Gasteiger partial charge in [0, 0.05) is 11.8 Å². The lowest BCUT2D eigenvalue weighted by molar-refractivity contribution is -0.274. The molecule has 1 heterocycles. The zero-order valence-corrected chi connectivity index (χ0v) is 11.0. The molecule has 112 valence electrons. The Labute approximate surface area is 118 Å². The molecule has 2 rings (SSSR count). The van der Waals surface area contributed by atoms with E-state index in [0.29, 0.717) is 11.3 Å². The largest absolute Gasteiger partial charge is 0.573 e. The Bertz CT molecular complexity index is 616. The molecule has 0 aliphatic rings. The molecule has 0 fully saturated rings. The third-order valence-electron chi connectivity index (χ3n) is 2.74. The number of ether oxygens (including phenoxy) is 2. The summed E-state index contributed by atoms with van der Waals surface area (Å²) in [6, 6.07) is 6.67. The number of methoxy groups -OCH3 is 1. The minimum absolute atomic E-state index is 0.251. The van der Waals surface area contributed by atoms with Gasteiger partial charge in [0.2, 0.25) is 0 Å². The number of nitrogens with zero attached hydrogens (tertiary/aromatic N) is 1. The molecule has 0 aliphatic carbocycles. The summed E-state index contributed by atoms with van der Waals surface area (Å²) in [7, 11) is 1.41. The summed E-state index contributed by atoms with van der Waals surface area (Å²) in [5, 5.41) is 10.3. The number of hydrogen-bond donors (Lipinski definition) is 1. The van der Waals surface area contributed by atoms with Gasteiger partial charge in [0.25, 0.3) is 0 Å². The van der Waals surface area contributed by atoms with Gasteiger partial charge in [-0.15, -0.1) is 13.2 Å². The predicted molar refractivity (Wildman–Crippen MR) is 68.0 cm³/mol. The van der Waals surface area contributed by atoms with Gasteiger partial charge in [-0.05, 0) is 23.8 Å². The first-order chi connectivity index (χ1) is 9.90. The number of pyridine rings is 1. The summed E-state index contributed by atoms with van der Waals surface area (Å²) in [4.78, 5) is 3.85. The molecular weight excluding hydrogens is 287 g/mol. The van der Waals surface area contributed by atoms with Crippen LogP contribution in [0.1, 0.15) is 17.2 Å². The van der Waals surface area contributed by atoms with Crippen LogP contribution in [0.3, 0.4) is 0 Å². The van der Waals surface area contributed by atoms with E-state index < -0.39 is 18.2 Å². The average Bonchev–Trinajstić information content (AvgIpc) is 2.45. The van der Waals surface area contributed by atoms with Crippen LogP contribution in [0.5, 0.6) is 11.5 Å². The lowest BCUT2D eigenvalue weighted by atomic mass is 10.0. The predicted octanol–water partition coefficient (Wildman–Crippen LogP) is 3.07. The minimum atomic E-state index is -4.78. The van der Waals surface area contributed by atoms with Crippen molar-refractivity contribution in [1.82, 2.24) is 4.98 Å². The molecule has 0 spiro atoms. The van der Waals surface area contributed by atoms with Crippen molar-refractivity contribution in [1.29, 1.82) is 0 Å². The molecule has 21 heavy (non-hydrogen) atoms. The van der Waals surface area contributed by atoms with Gasteiger partial charge < -0.3 is 14.6 Å². The summed E-state index contributed by atoms with van der Waals surface area (Å²) in [5.41, 5.74) is 0.651. The lowest BCUT2D eigenvalue weighted by Crippen LogP contribution is -2.17. The van der Waals surface area contributed by atoms with E-state index in [0.717, 1.165) is 12.1 Å². The molecular formula is C14H12F3NO3. The van der Waals surface area contributed by atoms with E-state index in [1.807, 2.05) is 0 Å². The van der Waals surface area contributed by atoms with E-state index in [9.17, 15) is 18.3 Å². The van der Waals surface area contributed by atoms with Crippen LogP contribution in [0.2, 0.25) is 0 Å². The van der Waals surface area contributed by atoms with Gasteiger partial charge in [0.05, 0.1) is 13.3 Å². The third kappa shape index (κ3) is 3.85. The fraction of sp³-hybridized carbons (Fsp3) is 0.214. The summed E-state index contributed by atoms with van der Waals surface area (Å²) in [6.45, 7) is 0. The van der Waals surface area contributed by atoms with Crippen LogP contribution < -0.4 is 9.47 Å². The number of aliphatic hydroxyl groups excluding tert-OH is 1. The minimum Gasteiger partial charge on any atom is -0.495 e. The first-order valence-electron chi connectivity index (χ1n) is 5.92. The maximum atomic E-state index is 12.2. The second-order valence-corrected chi connectivity index (χ2v) is 4.14. The van der Waals surface area contributed by atoms with Crippen LogP contribution in [0.25, 0.3) is 0 Å². The topological polar surface area (TPSA) is 51.6 Å². The van der Waals surface area contributed by atoms with Crippen molar-refractivity contribution in [3.8, 4) is 11.5 Å². The van der Waals surface area contributed by atoms with E-state index in [4.69, 9.17) is 4.74 Å². The monoisotopic (exact) mass is 299 g/mol. The second kappa shape index (κ2) is 6.01. The van der Waals surface area contributed by atoms with Crippen LogP contribution in [-0.2, 0) is 0 Å². The quantitative estimate of drug-likeness (QED) is 0.942. The van der Waals surface area contributed by atoms with Crippen molar-refractivity contribution < 1.29 is 27.8 Å². The molecule has 1 N–H and O–H groups in total. The highest BCUT2D eigenvalue weighted by Gasteiger charge is 2.31. The summed E-state index contributed by atoms with van der Waals surface area (Å²) < 4.78 is 45.5. The molecule has 0 radical (unpaired) electrons. The molecule has 1 unspecified atom stereocenters. The van der Waals surface area contributed by atoms with Gasteiger partial charge in [-0.3, -0.25) is 4.98 Å². The molecule has 1 aromatic carbocycles. The van der Waals surface area contributed by atoms with Gasteiger partial charge in [0.1, 0.15) is 17.6 Å². The zero-order chi connectivity index (χ0) is 15.5. The van der Waals surface area contributed by atoms with Gasteiger partial charge in [-0.25, -0.2) is 0 Å². The van der Waals surface area contributed by atoms with E-state index in [1.165, 1.54) is 37.7 Å². The number of benzene rings is 1. The van der Waals surface area contributed by atoms with Crippen LogP contribution in [0.15, 0.2) is 42.7 Å². The van der Waals surface area contributed by atoms with Crippen molar-refractivity contribution in [2.75, 3.05) is 7.11 Å². The number of hydrogen-bond acceptors (Lipinski definition) is 4. The van der Waals surface area contributed by atoms with Crippen molar-refractivity contribution in [3.05, 3.63) is 53.9 Å². The molecule has 0 bridgehead atoms. The zero-order valence-electron chi connectivity index (χ0n) is 11.0. The number of halogens is 3. The van der Waals surface area contributed by atoms with Crippen LogP contribution in [0.4, 0.5) is 13.2 Å². The van der Waals surface area contributed by atoms with Gasteiger partial charge in [0.15, 0.2) is 0 Å². The molecule has 0 saturated heterocycles. The second-order valence-electron chi connectivity index (χ2n) is 4.14. The SMILES string of the molecule is COc1cnccc1C(O)c1cccc(OC(F)(F)F)c1. The average molecular weight is 299 g/mol. The van der Waals surface area contributed by atoms with Crippen molar-refractivity contribution in [2.45, 2.75) is 12.5 Å². The number of aliphatic hydroxyl groups is 1. The summed E-state index contributed by atoms with van der Waals surface area (Å²) in [5.74, 6) is -0.0563. The summed E-state index contributed by atoms with van der Waals surface area (Å²) in [6.07, 6.45) is -3.07. The van der Waals surface area contributed by atoms with Gasteiger partial charge >= 0.3 is 6.36 Å². The van der Waals surface area contributed by atoms with E-state index in [2.05, 4.69) is 9.72 Å². The highest BCUT2D eigenvalue weighted by atomic mass is 19.4. The van der Waals surface area contributed by atoms with E-state index >= 15 is 0 Å². The summed E-state index contributed by atoms with van der Waals surface area (Å²) >= 11 is 0. The Hall–Kier alpha value is -2.28. The maximum Gasteiger partial charge on any atom is 0.573 e. The van der Waals surface area contributed by atoms with E-state index in [1.54, 1.807) is 0 Å². The number of rotatable bonds is 4. The van der Waals surface area contributed by atoms with Gasteiger partial charge in [-0.1, -0.05) is 12.1 Å². The lowest BCUT2D eigenvalue weighted by Gasteiger charge is -2.16. The molecule has 4 nitrogen and oxygen atoms in total. The van der Waals surface area contributed by atoms with Crippen molar-refractivity contribution in [2.24, 2.45) is 0 Å². The maximum absolute atomic E-state index is 12.2. The van der Waals surface area contributed by atoms with E-state index in [-0.39, 0.29) is 5.56 Å². The fourth-order valence-corrected chi connectivity index (χ4v) is 1.85. The third-order valence-corrected chi connectivity index (χ3v) is 2.74. The van der Waals surface area contributed by atoms with Crippen molar-refractivity contribution >= 4 is 0 Å². The Morgan fingerprint density at radius 2 is 2.00 bits per heavy atom. The fourth-order valence-electron chi connectivity index (χ4n) is 1.85. The molecule has 0 amide bonds. The Kier molecular flexibility index (Phi) is 4.32. The standard InChI is InChI=1S/C14H12F3NO3/c1-20-12-8-18-6-5-11(12)13(19)9-3-2-4-10(7-9)21-14(15,16)17/h2-8,13,19H,1H3. The van der Waals surface area contributed by atoms with Crippen LogP contribution in [-0.4, -0.2) is 23.6 Å². The molecule has 1 aromatic heterocycles. The Balaban J connectivity index is 2.31. The number of aromatic nitrogens is 1. The first-order valence-corrected chi connectivity index (χ1v) is 5.92. The highest BCUT2D eigenvalue weighted by molar-refractivity contribution is 5.40. The molecule has 1 atom stereocenters. The first kappa shape index (κ1) is 15.1. The molecule has 7 heteroatoms. The molecule has 2 aromatic rings. The van der Waals surface area contributed by atoms with Crippen LogP contribution in [0, 0.1) is 0 Å². The molecule has 0 saturated carbocycles.